The Hall–Kier alpha value is -3.04. The molecule has 3 aromatic rings. The molecule has 1 aromatic heterocycles. The van der Waals surface area contributed by atoms with Crippen molar-refractivity contribution >= 4 is 15.9 Å². The molecule has 1 N–H and O–H groups in total. The van der Waals surface area contributed by atoms with Crippen molar-refractivity contribution in [2.24, 2.45) is 0 Å². The van der Waals surface area contributed by atoms with Gasteiger partial charge < -0.3 is 9.84 Å². The fourth-order valence-corrected chi connectivity index (χ4v) is 3.44. The number of carbonyl (C=O) groups excluding carboxylic acids is 1. The number of aryl methyl sites for hydroxylation is 1. The van der Waals surface area contributed by atoms with E-state index in [0.717, 1.165) is 15.4 Å². The molecule has 2 aromatic carbocycles. The van der Waals surface area contributed by atoms with Crippen molar-refractivity contribution in [1.82, 2.24) is 19.8 Å². The number of nitrogens with zero attached hydrogens (tertiary/aromatic N) is 3. The lowest BCUT2D eigenvalue weighted by atomic mass is 10.1. The molecule has 28 heavy (non-hydrogen) atoms. The van der Waals surface area contributed by atoms with Gasteiger partial charge in [0.15, 0.2) is 0 Å². The zero-order chi connectivity index (χ0) is 20.3. The number of benzene rings is 2. The lowest BCUT2D eigenvalue weighted by Gasteiger charge is -2.12. The number of aromatic nitrogens is 2. The second-order valence-corrected chi connectivity index (χ2v) is 8.53. The van der Waals surface area contributed by atoms with Crippen LogP contribution in [0.25, 0.3) is 11.4 Å². The minimum absolute atomic E-state index is 0.0301. The second-order valence-electron chi connectivity index (χ2n) is 6.38. The molecule has 9 heteroatoms. The maximum absolute atomic E-state index is 12.4. The van der Waals surface area contributed by atoms with E-state index in [4.69, 9.17) is 4.52 Å². The highest BCUT2D eigenvalue weighted by molar-refractivity contribution is 7.89. The normalized spacial score (nSPS) is 11.6. The van der Waals surface area contributed by atoms with Crippen molar-refractivity contribution < 1.29 is 17.7 Å². The van der Waals surface area contributed by atoms with Crippen LogP contribution in [0.1, 0.15) is 21.8 Å². The Morgan fingerprint density at radius 3 is 2.61 bits per heavy atom. The summed E-state index contributed by atoms with van der Waals surface area (Å²) in [4.78, 5) is 16.7. The average molecular weight is 400 g/mol. The Bertz CT molecular complexity index is 1110. The third-order valence-corrected chi connectivity index (χ3v) is 5.83. The largest absolute Gasteiger partial charge is 0.343 e. The van der Waals surface area contributed by atoms with Gasteiger partial charge in [0.2, 0.25) is 21.7 Å². The van der Waals surface area contributed by atoms with Gasteiger partial charge in [-0.2, -0.15) is 4.98 Å². The number of hydrogen-bond acceptors (Lipinski definition) is 6. The van der Waals surface area contributed by atoms with E-state index in [1.165, 1.54) is 38.4 Å². The average Bonchev–Trinajstić information content (AvgIpc) is 3.15. The predicted molar refractivity (Wildman–Crippen MR) is 103 cm³/mol. The molecule has 0 spiro atoms. The van der Waals surface area contributed by atoms with Gasteiger partial charge in [-0.05, 0) is 31.2 Å². The standard InChI is InChI=1S/C19H20N4O4S/c1-13-6-4-7-14(10-13)18-21-17(27-22-18)12-20-19(24)15-8-5-9-16(11-15)28(25,26)23(2)3/h4-11H,12H2,1-3H3,(H,20,24). The summed E-state index contributed by atoms with van der Waals surface area (Å²) in [6.45, 7) is 2.00. The Kier molecular flexibility index (Phi) is 5.57. The maximum atomic E-state index is 12.4. The van der Waals surface area contributed by atoms with E-state index in [2.05, 4.69) is 15.5 Å². The van der Waals surface area contributed by atoms with E-state index in [1.807, 2.05) is 31.2 Å². The van der Waals surface area contributed by atoms with Crippen LogP contribution in [0.5, 0.6) is 0 Å². The van der Waals surface area contributed by atoms with E-state index in [1.54, 1.807) is 0 Å². The summed E-state index contributed by atoms with van der Waals surface area (Å²) >= 11 is 0. The van der Waals surface area contributed by atoms with Gasteiger partial charge in [-0.3, -0.25) is 4.79 Å². The molecule has 0 saturated heterocycles. The van der Waals surface area contributed by atoms with Crippen molar-refractivity contribution in [2.75, 3.05) is 14.1 Å². The number of rotatable bonds is 6. The number of nitrogens with one attached hydrogen (secondary N) is 1. The Balaban J connectivity index is 1.70. The summed E-state index contributed by atoms with van der Waals surface area (Å²) in [5.41, 5.74) is 2.12. The van der Waals surface area contributed by atoms with Crippen LogP contribution in [0.4, 0.5) is 0 Å². The highest BCUT2D eigenvalue weighted by Crippen LogP contribution is 2.17. The number of carbonyl (C=O) groups is 1. The fraction of sp³-hybridized carbons (Fsp3) is 0.211. The molecule has 0 saturated carbocycles. The molecule has 0 aliphatic heterocycles. The summed E-state index contributed by atoms with van der Waals surface area (Å²) in [5, 5.41) is 6.58. The molecule has 146 valence electrons. The van der Waals surface area contributed by atoms with Crippen LogP contribution in [0, 0.1) is 6.92 Å². The zero-order valence-electron chi connectivity index (χ0n) is 15.7. The molecule has 0 unspecified atom stereocenters. The Morgan fingerprint density at radius 2 is 1.89 bits per heavy atom. The van der Waals surface area contributed by atoms with Crippen LogP contribution in [0.3, 0.4) is 0 Å². The van der Waals surface area contributed by atoms with Crippen LogP contribution in [0.2, 0.25) is 0 Å². The monoisotopic (exact) mass is 400 g/mol. The summed E-state index contributed by atoms with van der Waals surface area (Å²) in [7, 11) is -0.750. The SMILES string of the molecule is Cc1cccc(-c2noc(CNC(=O)c3cccc(S(=O)(=O)N(C)C)c3)n2)c1. The molecule has 0 aliphatic carbocycles. The number of amides is 1. The van der Waals surface area contributed by atoms with E-state index in [0.29, 0.717) is 5.82 Å². The summed E-state index contributed by atoms with van der Waals surface area (Å²) in [5.74, 6) is 0.250. The number of sulfonamides is 1. The number of hydrogen-bond donors (Lipinski definition) is 1. The molecule has 0 fully saturated rings. The van der Waals surface area contributed by atoms with E-state index < -0.39 is 15.9 Å². The van der Waals surface area contributed by atoms with E-state index in [9.17, 15) is 13.2 Å². The third-order valence-electron chi connectivity index (χ3n) is 4.02. The van der Waals surface area contributed by atoms with Crippen molar-refractivity contribution in [3.63, 3.8) is 0 Å². The van der Waals surface area contributed by atoms with Gasteiger partial charge in [0.1, 0.15) is 0 Å². The highest BCUT2D eigenvalue weighted by Gasteiger charge is 2.19. The molecule has 1 amide bonds. The molecule has 0 radical (unpaired) electrons. The molecule has 0 aliphatic rings. The van der Waals surface area contributed by atoms with Gasteiger partial charge in [0, 0.05) is 25.2 Å². The smallest absolute Gasteiger partial charge is 0.251 e. The summed E-state index contributed by atoms with van der Waals surface area (Å²) in [6, 6.07) is 13.5. The van der Waals surface area contributed by atoms with Crippen LogP contribution in [-0.2, 0) is 16.6 Å². The lowest BCUT2D eigenvalue weighted by Crippen LogP contribution is -2.25. The minimum atomic E-state index is -3.62. The van der Waals surface area contributed by atoms with Crippen molar-refractivity contribution in [2.45, 2.75) is 18.4 Å². The van der Waals surface area contributed by atoms with Crippen LogP contribution in [-0.4, -0.2) is 42.9 Å². The molecular formula is C19H20N4O4S. The molecular weight excluding hydrogens is 380 g/mol. The first-order chi connectivity index (χ1) is 13.3. The molecule has 0 bridgehead atoms. The highest BCUT2D eigenvalue weighted by atomic mass is 32.2. The predicted octanol–water partition coefficient (Wildman–Crippen LogP) is 2.23. The topological polar surface area (TPSA) is 105 Å². The van der Waals surface area contributed by atoms with Gasteiger partial charge in [-0.1, -0.05) is 35.0 Å². The van der Waals surface area contributed by atoms with Crippen molar-refractivity contribution in [3.05, 3.63) is 65.5 Å². The second kappa shape index (κ2) is 7.91. The lowest BCUT2D eigenvalue weighted by molar-refractivity contribution is 0.0946. The van der Waals surface area contributed by atoms with Crippen LogP contribution < -0.4 is 5.32 Å². The fourth-order valence-electron chi connectivity index (χ4n) is 2.49. The maximum Gasteiger partial charge on any atom is 0.251 e. The van der Waals surface area contributed by atoms with Crippen LogP contribution in [0.15, 0.2) is 57.9 Å². The minimum Gasteiger partial charge on any atom is -0.343 e. The van der Waals surface area contributed by atoms with Gasteiger partial charge in [0.25, 0.3) is 5.91 Å². The summed E-state index contributed by atoms with van der Waals surface area (Å²) < 4.78 is 30.7. The van der Waals surface area contributed by atoms with Crippen molar-refractivity contribution in [3.8, 4) is 11.4 Å². The van der Waals surface area contributed by atoms with E-state index in [-0.39, 0.29) is 22.9 Å². The zero-order valence-corrected chi connectivity index (χ0v) is 16.5. The summed E-state index contributed by atoms with van der Waals surface area (Å²) in [6.07, 6.45) is 0. The first-order valence-electron chi connectivity index (χ1n) is 8.48. The van der Waals surface area contributed by atoms with Crippen LogP contribution >= 0.6 is 0 Å². The van der Waals surface area contributed by atoms with Gasteiger partial charge in [-0.25, -0.2) is 12.7 Å². The first kappa shape index (κ1) is 19.7. The molecule has 1 heterocycles. The Labute approximate surface area is 163 Å². The third kappa shape index (κ3) is 4.26. The van der Waals surface area contributed by atoms with Crippen molar-refractivity contribution in [1.29, 1.82) is 0 Å². The Morgan fingerprint density at radius 1 is 1.14 bits per heavy atom. The van der Waals surface area contributed by atoms with E-state index >= 15 is 0 Å². The van der Waals surface area contributed by atoms with Gasteiger partial charge in [0.05, 0.1) is 11.4 Å². The van der Waals surface area contributed by atoms with Gasteiger partial charge >= 0.3 is 0 Å². The molecule has 0 atom stereocenters. The first-order valence-corrected chi connectivity index (χ1v) is 9.92. The molecule has 8 nitrogen and oxygen atoms in total. The van der Waals surface area contributed by atoms with Gasteiger partial charge in [-0.15, -0.1) is 0 Å². The quantitative estimate of drug-likeness (QED) is 0.680. The molecule has 3 rings (SSSR count).